The molecule has 0 unspecified atom stereocenters. The molecule has 3 rings (SSSR count). The van der Waals surface area contributed by atoms with Gasteiger partial charge in [-0.15, -0.1) is 0 Å². The van der Waals surface area contributed by atoms with E-state index in [1.165, 1.54) is 16.5 Å². The van der Waals surface area contributed by atoms with Gasteiger partial charge in [-0.05, 0) is 37.5 Å². The normalized spacial score (nSPS) is 14.6. The molecule has 1 amide bonds. The average Bonchev–Trinajstić information content (AvgIpc) is 3.01. The summed E-state index contributed by atoms with van der Waals surface area (Å²) < 4.78 is 0. The van der Waals surface area contributed by atoms with Gasteiger partial charge >= 0.3 is 0 Å². The van der Waals surface area contributed by atoms with Gasteiger partial charge in [-0.25, -0.2) is 0 Å². The zero-order chi connectivity index (χ0) is 13.6. The second kappa shape index (κ2) is 4.26. The number of benzene rings is 1. The first-order chi connectivity index (χ1) is 9.09. The predicted octanol–water partition coefficient (Wildman–Crippen LogP) is 3.11. The Bertz CT molecular complexity index is 686. The minimum absolute atomic E-state index is 0.0949. The quantitative estimate of drug-likeness (QED) is 0.780. The fraction of sp³-hybridized carbons (Fsp3) is 0.312. The first-order valence-electron chi connectivity index (χ1n) is 6.62. The van der Waals surface area contributed by atoms with Crippen molar-refractivity contribution in [2.75, 3.05) is 13.1 Å². The van der Waals surface area contributed by atoms with Gasteiger partial charge in [0.25, 0.3) is 5.91 Å². The van der Waals surface area contributed by atoms with Crippen LogP contribution in [-0.2, 0) is 0 Å². The van der Waals surface area contributed by atoms with Crippen LogP contribution < -0.4 is 0 Å². The summed E-state index contributed by atoms with van der Waals surface area (Å²) in [5.41, 5.74) is 5.28. The molecule has 98 valence electrons. The highest BCUT2D eigenvalue weighted by Crippen LogP contribution is 2.28. The third-order valence-electron chi connectivity index (χ3n) is 3.94. The lowest BCUT2D eigenvalue weighted by molar-refractivity contribution is 0.0794. The molecule has 0 aliphatic carbocycles. The zero-order valence-corrected chi connectivity index (χ0v) is 11.6. The zero-order valence-electron chi connectivity index (χ0n) is 11.6. The Morgan fingerprint density at radius 2 is 1.74 bits per heavy atom. The Hall–Kier alpha value is -2.03. The highest BCUT2D eigenvalue weighted by atomic mass is 16.2. The number of carbonyl (C=O) groups excluding carboxylic acids is 1. The molecule has 19 heavy (non-hydrogen) atoms. The van der Waals surface area contributed by atoms with Crippen LogP contribution in [0.5, 0.6) is 0 Å². The third-order valence-corrected chi connectivity index (χ3v) is 3.94. The van der Waals surface area contributed by atoms with Gasteiger partial charge < -0.3 is 9.88 Å². The van der Waals surface area contributed by atoms with Crippen LogP contribution in [0.15, 0.2) is 24.3 Å². The molecular formula is C16H18N2O. The molecule has 1 aliphatic rings. The van der Waals surface area contributed by atoms with Crippen LogP contribution >= 0.6 is 0 Å². The number of H-pyrrole nitrogens is 1. The Morgan fingerprint density at radius 1 is 1.11 bits per heavy atom. The second-order valence-electron chi connectivity index (χ2n) is 5.26. The Balaban J connectivity index is 2.15. The van der Waals surface area contributed by atoms with E-state index in [9.17, 15) is 4.79 Å². The fourth-order valence-electron chi connectivity index (χ4n) is 2.81. The van der Waals surface area contributed by atoms with Gasteiger partial charge in [0.05, 0.1) is 0 Å². The maximum Gasteiger partial charge on any atom is 0.271 e. The molecule has 0 spiro atoms. The summed E-state index contributed by atoms with van der Waals surface area (Å²) in [6.45, 7) is 7.62. The summed E-state index contributed by atoms with van der Waals surface area (Å²) in [5.74, 6) is 0.0949. The summed E-state index contributed by atoms with van der Waals surface area (Å²) in [4.78, 5) is 17.7. The number of nitrogens with one attached hydrogen (secondary N) is 1. The van der Waals surface area contributed by atoms with Crippen LogP contribution in [0.1, 0.15) is 27.2 Å². The van der Waals surface area contributed by atoms with Crippen molar-refractivity contribution < 1.29 is 4.79 Å². The van der Waals surface area contributed by atoms with Gasteiger partial charge in [0.2, 0.25) is 0 Å². The summed E-state index contributed by atoms with van der Waals surface area (Å²) >= 11 is 0. The number of hydrogen-bond donors (Lipinski definition) is 1. The third kappa shape index (κ3) is 1.77. The summed E-state index contributed by atoms with van der Waals surface area (Å²) in [6, 6.07) is 4.21. The summed E-state index contributed by atoms with van der Waals surface area (Å²) in [7, 11) is 0. The van der Waals surface area contributed by atoms with E-state index >= 15 is 0 Å². The van der Waals surface area contributed by atoms with Gasteiger partial charge in [0.1, 0.15) is 5.69 Å². The lowest BCUT2D eigenvalue weighted by atomic mass is 10.0. The van der Waals surface area contributed by atoms with Crippen LogP contribution in [0.25, 0.3) is 10.9 Å². The predicted molar refractivity (Wildman–Crippen MR) is 77.6 cm³/mol. The molecule has 2 heterocycles. The molecule has 3 heteroatoms. The number of nitrogens with zero attached hydrogens (tertiary/aromatic N) is 1. The van der Waals surface area contributed by atoms with Gasteiger partial charge in [-0.1, -0.05) is 24.3 Å². The van der Waals surface area contributed by atoms with Crippen LogP contribution in [0.4, 0.5) is 0 Å². The van der Waals surface area contributed by atoms with Crippen molar-refractivity contribution >= 4 is 16.8 Å². The van der Waals surface area contributed by atoms with E-state index in [0.29, 0.717) is 13.1 Å². The molecular weight excluding hydrogens is 236 g/mol. The topological polar surface area (TPSA) is 36.1 Å². The van der Waals surface area contributed by atoms with E-state index in [4.69, 9.17) is 0 Å². The van der Waals surface area contributed by atoms with Crippen LogP contribution in [0.2, 0.25) is 0 Å². The Kier molecular flexibility index (Phi) is 2.70. The lowest BCUT2D eigenvalue weighted by Gasteiger charge is -2.14. The summed E-state index contributed by atoms with van der Waals surface area (Å²) in [6.07, 6.45) is 4.07. The van der Waals surface area contributed by atoms with Crippen LogP contribution in [0.3, 0.4) is 0 Å². The number of hydrogen-bond acceptors (Lipinski definition) is 1. The fourth-order valence-corrected chi connectivity index (χ4v) is 2.81. The van der Waals surface area contributed by atoms with Gasteiger partial charge in [-0.2, -0.15) is 0 Å². The smallest absolute Gasteiger partial charge is 0.271 e. The van der Waals surface area contributed by atoms with Gasteiger partial charge in [-0.3, -0.25) is 4.79 Å². The number of aryl methyl sites for hydroxylation is 3. The minimum Gasteiger partial charge on any atom is -0.350 e. The molecule has 3 nitrogen and oxygen atoms in total. The molecule has 0 fully saturated rings. The van der Waals surface area contributed by atoms with Crippen molar-refractivity contribution in [2.45, 2.75) is 20.8 Å². The van der Waals surface area contributed by atoms with Crippen molar-refractivity contribution in [2.24, 2.45) is 0 Å². The van der Waals surface area contributed by atoms with Crippen molar-refractivity contribution in [3.05, 3.63) is 46.7 Å². The molecule has 1 N–H and O–H groups in total. The van der Waals surface area contributed by atoms with E-state index in [-0.39, 0.29) is 5.91 Å². The first-order valence-corrected chi connectivity index (χ1v) is 6.62. The van der Waals surface area contributed by atoms with E-state index in [2.05, 4.69) is 31.0 Å². The van der Waals surface area contributed by atoms with Crippen molar-refractivity contribution in [3.8, 4) is 0 Å². The van der Waals surface area contributed by atoms with Crippen molar-refractivity contribution in [3.63, 3.8) is 0 Å². The number of fused-ring (bicyclic) bond motifs is 1. The standard InChI is InChI=1S/C16H18N2O/c1-10-6-7-11(2)14-13(10)12(3)15(17-14)16(19)18-8-4-5-9-18/h4-7,17H,8-9H2,1-3H3. The number of aromatic amines is 1. The summed E-state index contributed by atoms with van der Waals surface area (Å²) in [5, 5.41) is 1.19. The number of carbonyl (C=O) groups is 1. The molecule has 0 bridgehead atoms. The van der Waals surface area contributed by atoms with Gasteiger partial charge in [0.15, 0.2) is 0 Å². The van der Waals surface area contributed by atoms with Crippen molar-refractivity contribution in [1.82, 2.24) is 9.88 Å². The first kappa shape index (κ1) is 12.0. The van der Waals surface area contributed by atoms with Crippen LogP contribution in [-0.4, -0.2) is 28.9 Å². The molecule has 0 atom stereocenters. The minimum atomic E-state index is 0.0949. The molecule has 1 aromatic heterocycles. The number of amides is 1. The molecule has 2 aromatic rings. The monoisotopic (exact) mass is 254 g/mol. The molecule has 1 aliphatic heterocycles. The number of aromatic nitrogens is 1. The maximum absolute atomic E-state index is 12.5. The average molecular weight is 254 g/mol. The Labute approximate surface area is 112 Å². The lowest BCUT2D eigenvalue weighted by Crippen LogP contribution is -2.28. The molecule has 0 saturated carbocycles. The van der Waals surface area contributed by atoms with Crippen molar-refractivity contribution in [1.29, 1.82) is 0 Å². The highest BCUT2D eigenvalue weighted by Gasteiger charge is 2.22. The largest absolute Gasteiger partial charge is 0.350 e. The Morgan fingerprint density at radius 3 is 2.37 bits per heavy atom. The second-order valence-corrected chi connectivity index (χ2v) is 5.26. The van der Waals surface area contributed by atoms with E-state index in [1.54, 1.807) is 0 Å². The van der Waals surface area contributed by atoms with E-state index in [0.717, 1.165) is 16.8 Å². The van der Waals surface area contributed by atoms with Gasteiger partial charge in [0, 0.05) is 24.0 Å². The van der Waals surface area contributed by atoms with E-state index in [1.807, 2.05) is 24.0 Å². The number of rotatable bonds is 1. The maximum atomic E-state index is 12.5. The van der Waals surface area contributed by atoms with Crippen LogP contribution in [0, 0.1) is 20.8 Å². The molecule has 0 radical (unpaired) electrons. The van der Waals surface area contributed by atoms with E-state index < -0.39 is 0 Å². The molecule has 1 aromatic carbocycles. The highest BCUT2D eigenvalue weighted by molar-refractivity contribution is 6.02. The molecule has 0 saturated heterocycles. The SMILES string of the molecule is Cc1ccc(C)c2c(C)c(C(=O)N3CC=CC3)[nH]c12.